The van der Waals surface area contributed by atoms with Crippen LogP contribution in [0.4, 0.5) is 11.5 Å². The Labute approximate surface area is 140 Å². The average Bonchev–Trinajstić information content (AvgIpc) is 2.63. The molecule has 126 valence electrons. The van der Waals surface area contributed by atoms with Gasteiger partial charge in [0.05, 0.1) is 0 Å². The molecule has 1 fully saturated rings. The molecule has 1 saturated heterocycles. The smallest absolute Gasteiger partial charge is 0.271 e. The number of anilines is 2. The molecule has 0 aliphatic carbocycles. The lowest BCUT2D eigenvalue weighted by atomic mass is 10.1. The Morgan fingerprint density at radius 1 is 1.38 bits per heavy atom. The molecular formula is C17H21N5O2. The number of carbonyl (C=O) groups is 1. The largest absolute Gasteiger partial charge is 0.376 e. The molecule has 0 spiro atoms. The van der Waals surface area contributed by atoms with Gasteiger partial charge < -0.3 is 20.5 Å². The second-order valence-corrected chi connectivity index (χ2v) is 5.89. The summed E-state index contributed by atoms with van der Waals surface area (Å²) in [5.74, 6) is 0.766. The summed E-state index contributed by atoms with van der Waals surface area (Å²) in [6, 6.07) is 5.75. The molecule has 0 radical (unpaired) electrons. The van der Waals surface area contributed by atoms with Crippen LogP contribution in [0.15, 0.2) is 35.4 Å². The molecule has 0 aromatic carbocycles. The number of likely N-dealkylation sites (tertiary alicyclic amines) is 1. The van der Waals surface area contributed by atoms with E-state index in [-0.39, 0.29) is 11.6 Å². The molecule has 3 heterocycles. The number of aromatic amines is 1. The van der Waals surface area contributed by atoms with E-state index in [1.54, 1.807) is 17.3 Å². The van der Waals surface area contributed by atoms with Gasteiger partial charge in [-0.3, -0.25) is 9.59 Å². The van der Waals surface area contributed by atoms with Crippen molar-refractivity contribution >= 4 is 17.9 Å². The van der Waals surface area contributed by atoms with Crippen molar-refractivity contribution in [1.82, 2.24) is 14.9 Å². The molecule has 24 heavy (non-hydrogen) atoms. The fraction of sp³-hybridized carbons (Fsp3) is 0.353. The number of amides is 1. The zero-order valence-electron chi connectivity index (χ0n) is 13.6. The summed E-state index contributed by atoms with van der Waals surface area (Å²) >= 11 is 0. The van der Waals surface area contributed by atoms with Crippen molar-refractivity contribution in [1.29, 1.82) is 0 Å². The van der Waals surface area contributed by atoms with E-state index < -0.39 is 0 Å². The molecule has 0 bridgehead atoms. The Hall–Kier alpha value is -2.83. The molecule has 3 rings (SSSR count). The van der Waals surface area contributed by atoms with Crippen molar-refractivity contribution in [2.45, 2.75) is 18.9 Å². The first-order chi connectivity index (χ1) is 11.7. The van der Waals surface area contributed by atoms with Crippen LogP contribution in [0.1, 0.15) is 12.8 Å². The van der Waals surface area contributed by atoms with Crippen LogP contribution in [0, 0.1) is 0 Å². The highest BCUT2D eigenvalue weighted by atomic mass is 16.1. The van der Waals surface area contributed by atoms with E-state index in [1.807, 2.05) is 25.2 Å². The Morgan fingerprint density at radius 2 is 2.25 bits per heavy atom. The van der Waals surface area contributed by atoms with Crippen molar-refractivity contribution in [3.8, 4) is 11.1 Å². The molecule has 2 aromatic heterocycles. The maximum Gasteiger partial charge on any atom is 0.271 e. The fourth-order valence-electron chi connectivity index (χ4n) is 2.94. The van der Waals surface area contributed by atoms with Crippen LogP contribution in [0.5, 0.6) is 0 Å². The second kappa shape index (κ2) is 7.16. The van der Waals surface area contributed by atoms with E-state index in [4.69, 9.17) is 0 Å². The van der Waals surface area contributed by atoms with E-state index in [9.17, 15) is 9.59 Å². The Balaban J connectivity index is 1.83. The lowest BCUT2D eigenvalue weighted by molar-refractivity contribution is -0.119. The van der Waals surface area contributed by atoms with Crippen LogP contribution < -0.4 is 16.2 Å². The Bertz CT molecular complexity index is 774. The molecule has 2 aromatic rings. The summed E-state index contributed by atoms with van der Waals surface area (Å²) in [4.78, 5) is 31.8. The van der Waals surface area contributed by atoms with Crippen molar-refractivity contribution in [2.24, 2.45) is 0 Å². The van der Waals surface area contributed by atoms with Crippen LogP contribution in [0.3, 0.4) is 0 Å². The van der Waals surface area contributed by atoms with Crippen molar-refractivity contribution in [3.63, 3.8) is 0 Å². The molecule has 1 aliphatic heterocycles. The quantitative estimate of drug-likeness (QED) is 0.724. The lowest BCUT2D eigenvalue weighted by Crippen LogP contribution is -2.42. The first-order valence-electron chi connectivity index (χ1n) is 8.02. The van der Waals surface area contributed by atoms with Gasteiger partial charge in [-0.15, -0.1) is 0 Å². The van der Waals surface area contributed by atoms with Crippen LogP contribution >= 0.6 is 0 Å². The normalized spacial score (nSPS) is 17.4. The highest BCUT2D eigenvalue weighted by molar-refractivity contribution is 5.68. The predicted molar refractivity (Wildman–Crippen MR) is 94.1 cm³/mol. The zero-order valence-corrected chi connectivity index (χ0v) is 13.6. The molecule has 1 unspecified atom stereocenters. The third kappa shape index (κ3) is 3.56. The number of nitrogens with one attached hydrogen (secondary N) is 3. The first kappa shape index (κ1) is 16.0. The highest BCUT2D eigenvalue weighted by Crippen LogP contribution is 2.22. The van der Waals surface area contributed by atoms with Gasteiger partial charge in [-0.1, -0.05) is 0 Å². The number of hydrogen-bond acceptors (Lipinski definition) is 5. The summed E-state index contributed by atoms with van der Waals surface area (Å²) in [7, 11) is 1.81. The molecule has 1 amide bonds. The van der Waals surface area contributed by atoms with Gasteiger partial charge in [0.25, 0.3) is 5.56 Å². The van der Waals surface area contributed by atoms with E-state index in [2.05, 4.69) is 20.6 Å². The van der Waals surface area contributed by atoms with Crippen molar-refractivity contribution in [2.75, 3.05) is 30.8 Å². The summed E-state index contributed by atoms with van der Waals surface area (Å²) < 4.78 is 0. The lowest BCUT2D eigenvalue weighted by Gasteiger charge is -2.30. The van der Waals surface area contributed by atoms with Crippen LogP contribution in [-0.2, 0) is 4.79 Å². The molecule has 1 aliphatic rings. The maximum atomic E-state index is 12.1. The number of carbonyl (C=O) groups excluding carboxylic acids is 1. The van der Waals surface area contributed by atoms with Crippen LogP contribution in [-0.4, -0.2) is 47.5 Å². The minimum atomic E-state index is -0.162. The third-order valence-corrected chi connectivity index (χ3v) is 4.21. The van der Waals surface area contributed by atoms with Crippen molar-refractivity contribution < 1.29 is 4.79 Å². The highest BCUT2D eigenvalue weighted by Gasteiger charge is 2.19. The summed E-state index contributed by atoms with van der Waals surface area (Å²) in [6.45, 7) is 1.40. The van der Waals surface area contributed by atoms with Gasteiger partial charge >= 0.3 is 0 Å². The maximum absolute atomic E-state index is 12.1. The van der Waals surface area contributed by atoms with Gasteiger partial charge in [0, 0.05) is 44.1 Å². The van der Waals surface area contributed by atoms with Gasteiger partial charge in [0.1, 0.15) is 11.5 Å². The average molecular weight is 327 g/mol. The molecule has 7 nitrogen and oxygen atoms in total. The summed E-state index contributed by atoms with van der Waals surface area (Å²) in [5.41, 5.74) is 2.23. The zero-order chi connectivity index (χ0) is 16.9. The summed E-state index contributed by atoms with van der Waals surface area (Å²) in [6.07, 6.45) is 6.16. The Morgan fingerprint density at radius 3 is 3.04 bits per heavy atom. The molecule has 0 saturated carbocycles. The standard InChI is InChI=1S/C17H21N5O2/c1-18-16-8-12(4-5-19-16)13-7-15(17(24)20-9-13)21-14-3-2-6-22(10-14)11-23/h4-5,7-9,11,14,21H,2-3,6,10H2,1H3,(H,18,19)(H,20,24). The first-order valence-corrected chi connectivity index (χ1v) is 8.02. The van der Waals surface area contributed by atoms with Gasteiger partial charge in [-0.2, -0.15) is 0 Å². The number of aromatic nitrogens is 2. The fourth-order valence-corrected chi connectivity index (χ4v) is 2.94. The van der Waals surface area contributed by atoms with E-state index in [0.717, 1.165) is 42.7 Å². The topological polar surface area (TPSA) is 90.1 Å². The van der Waals surface area contributed by atoms with Gasteiger partial charge in [0.2, 0.25) is 6.41 Å². The predicted octanol–water partition coefficient (Wildman–Crippen LogP) is 1.51. The number of piperidine rings is 1. The van der Waals surface area contributed by atoms with Gasteiger partial charge in [-0.25, -0.2) is 4.98 Å². The SMILES string of the molecule is CNc1cc(-c2c[nH]c(=O)c(NC3CCCN(C=O)C3)c2)ccn1. The minimum Gasteiger partial charge on any atom is -0.376 e. The van der Waals surface area contributed by atoms with E-state index in [1.165, 1.54) is 0 Å². The Kier molecular flexibility index (Phi) is 4.79. The monoisotopic (exact) mass is 327 g/mol. The number of H-pyrrole nitrogens is 1. The second-order valence-electron chi connectivity index (χ2n) is 5.89. The van der Waals surface area contributed by atoms with E-state index in [0.29, 0.717) is 12.2 Å². The third-order valence-electron chi connectivity index (χ3n) is 4.21. The summed E-state index contributed by atoms with van der Waals surface area (Å²) in [5, 5.41) is 6.28. The molecule has 7 heteroatoms. The van der Waals surface area contributed by atoms with Gasteiger partial charge in [-0.05, 0) is 36.6 Å². The molecule has 1 atom stereocenters. The number of hydrogen-bond donors (Lipinski definition) is 3. The van der Waals surface area contributed by atoms with Gasteiger partial charge in [0.15, 0.2) is 0 Å². The van der Waals surface area contributed by atoms with Crippen molar-refractivity contribution in [3.05, 3.63) is 40.9 Å². The van der Waals surface area contributed by atoms with Crippen LogP contribution in [0.25, 0.3) is 11.1 Å². The van der Waals surface area contributed by atoms with E-state index >= 15 is 0 Å². The minimum absolute atomic E-state index is 0.0885. The number of nitrogens with zero attached hydrogens (tertiary/aromatic N) is 2. The number of rotatable bonds is 5. The number of pyridine rings is 2. The van der Waals surface area contributed by atoms with Crippen LogP contribution in [0.2, 0.25) is 0 Å². The molecule has 3 N–H and O–H groups in total. The molecular weight excluding hydrogens is 306 g/mol.